The molecule has 1 aromatic carbocycles. The Kier molecular flexibility index (Phi) is 4.80. The SMILES string of the molecule is CN(C)C=NC(=O)C1CC(C(=O)c2ccccc2F)CN1. The normalized spacial score (nSPS) is 21.7. The Bertz CT molecular complexity index is 572. The van der Waals surface area contributed by atoms with Gasteiger partial charge in [-0.25, -0.2) is 9.38 Å². The van der Waals surface area contributed by atoms with Crippen molar-refractivity contribution in [2.75, 3.05) is 20.6 Å². The second kappa shape index (κ2) is 6.58. The van der Waals surface area contributed by atoms with Crippen molar-refractivity contribution in [2.45, 2.75) is 12.5 Å². The van der Waals surface area contributed by atoms with E-state index in [2.05, 4.69) is 10.3 Å². The van der Waals surface area contributed by atoms with E-state index in [4.69, 9.17) is 0 Å². The summed E-state index contributed by atoms with van der Waals surface area (Å²) in [6.45, 7) is 0.362. The van der Waals surface area contributed by atoms with E-state index in [1.165, 1.54) is 18.5 Å². The first-order valence-corrected chi connectivity index (χ1v) is 6.75. The number of Topliss-reactive ketones (excluding diaryl/α,β-unsaturated/α-hetero) is 1. The lowest BCUT2D eigenvalue weighted by atomic mass is 9.94. The second-order valence-electron chi connectivity index (χ2n) is 5.28. The third-order valence-corrected chi connectivity index (χ3v) is 3.35. The summed E-state index contributed by atoms with van der Waals surface area (Å²) >= 11 is 0. The molecule has 0 aliphatic carbocycles. The van der Waals surface area contributed by atoms with Gasteiger partial charge in [-0.15, -0.1) is 0 Å². The highest BCUT2D eigenvalue weighted by atomic mass is 19.1. The third-order valence-electron chi connectivity index (χ3n) is 3.35. The molecule has 1 saturated heterocycles. The van der Waals surface area contributed by atoms with Crippen LogP contribution in [0, 0.1) is 11.7 Å². The second-order valence-corrected chi connectivity index (χ2v) is 5.28. The van der Waals surface area contributed by atoms with E-state index < -0.39 is 17.8 Å². The molecule has 0 spiro atoms. The predicted molar refractivity (Wildman–Crippen MR) is 77.8 cm³/mol. The van der Waals surface area contributed by atoms with Crippen LogP contribution in [0.2, 0.25) is 0 Å². The monoisotopic (exact) mass is 291 g/mol. The summed E-state index contributed by atoms with van der Waals surface area (Å²) < 4.78 is 13.6. The van der Waals surface area contributed by atoms with Crippen LogP contribution in [-0.2, 0) is 4.79 Å². The number of rotatable bonds is 4. The largest absolute Gasteiger partial charge is 0.369 e. The van der Waals surface area contributed by atoms with E-state index >= 15 is 0 Å². The number of hydrogen-bond donors (Lipinski definition) is 1. The highest BCUT2D eigenvalue weighted by Gasteiger charge is 2.34. The Hall–Kier alpha value is -2.08. The van der Waals surface area contributed by atoms with Crippen LogP contribution in [0.15, 0.2) is 29.3 Å². The molecular formula is C15H18FN3O2. The highest BCUT2D eigenvalue weighted by molar-refractivity contribution is 5.99. The average molecular weight is 291 g/mol. The molecule has 1 aliphatic rings. The number of carbonyl (C=O) groups excluding carboxylic acids is 2. The van der Waals surface area contributed by atoms with Crippen molar-refractivity contribution in [3.63, 3.8) is 0 Å². The van der Waals surface area contributed by atoms with Crippen molar-refractivity contribution in [1.29, 1.82) is 0 Å². The van der Waals surface area contributed by atoms with Gasteiger partial charge in [0.1, 0.15) is 5.82 Å². The van der Waals surface area contributed by atoms with E-state index in [0.29, 0.717) is 13.0 Å². The minimum absolute atomic E-state index is 0.0780. The molecule has 1 aromatic rings. The smallest absolute Gasteiger partial charge is 0.264 e. The van der Waals surface area contributed by atoms with Crippen LogP contribution in [-0.4, -0.2) is 49.6 Å². The van der Waals surface area contributed by atoms with Crippen LogP contribution in [0.3, 0.4) is 0 Å². The van der Waals surface area contributed by atoms with Gasteiger partial charge in [0.2, 0.25) is 0 Å². The number of benzene rings is 1. The minimum atomic E-state index is -0.525. The summed E-state index contributed by atoms with van der Waals surface area (Å²) in [5.74, 6) is -1.51. The first kappa shape index (κ1) is 15.3. The number of ketones is 1. The zero-order valence-corrected chi connectivity index (χ0v) is 12.0. The maximum atomic E-state index is 13.6. The Morgan fingerprint density at radius 3 is 2.76 bits per heavy atom. The molecule has 1 heterocycles. The van der Waals surface area contributed by atoms with Gasteiger partial charge in [0.25, 0.3) is 5.91 Å². The number of carbonyl (C=O) groups is 2. The van der Waals surface area contributed by atoms with Crippen LogP contribution >= 0.6 is 0 Å². The standard InChI is InChI=1S/C15H18FN3O2/c1-19(2)9-18-15(21)13-7-10(8-17-13)14(20)11-5-3-4-6-12(11)16/h3-6,9-10,13,17H,7-8H2,1-2H3. The molecule has 2 rings (SSSR count). The molecule has 1 aliphatic heterocycles. The predicted octanol–water partition coefficient (Wildman–Crippen LogP) is 1.10. The molecule has 2 atom stereocenters. The van der Waals surface area contributed by atoms with Gasteiger partial charge < -0.3 is 10.2 Å². The van der Waals surface area contributed by atoms with E-state index in [-0.39, 0.29) is 17.3 Å². The van der Waals surface area contributed by atoms with Crippen molar-refractivity contribution in [1.82, 2.24) is 10.2 Å². The molecule has 21 heavy (non-hydrogen) atoms. The van der Waals surface area contributed by atoms with Gasteiger partial charge in [-0.2, -0.15) is 0 Å². The number of aliphatic imine (C=N–C) groups is 1. The zero-order chi connectivity index (χ0) is 15.4. The number of halogens is 1. The number of nitrogens with one attached hydrogen (secondary N) is 1. The number of hydrogen-bond acceptors (Lipinski definition) is 3. The molecule has 1 amide bonds. The summed E-state index contributed by atoms with van der Waals surface area (Å²) in [5.41, 5.74) is 0.0780. The van der Waals surface area contributed by atoms with Crippen LogP contribution in [0.5, 0.6) is 0 Å². The minimum Gasteiger partial charge on any atom is -0.369 e. The van der Waals surface area contributed by atoms with Crippen LogP contribution in [0.4, 0.5) is 4.39 Å². The molecule has 1 fully saturated rings. The molecule has 0 radical (unpaired) electrons. The fourth-order valence-corrected chi connectivity index (χ4v) is 2.27. The molecule has 5 nitrogen and oxygen atoms in total. The lowest BCUT2D eigenvalue weighted by molar-refractivity contribution is -0.119. The number of nitrogens with zero attached hydrogens (tertiary/aromatic N) is 2. The Labute approximate surface area is 122 Å². The Morgan fingerprint density at radius 1 is 1.38 bits per heavy atom. The average Bonchev–Trinajstić information content (AvgIpc) is 2.94. The molecular weight excluding hydrogens is 273 g/mol. The van der Waals surface area contributed by atoms with Gasteiger partial charge in [-0.05, 0) is 18.6 Å². The van der Waals surface area contributed by atoms with Gasteiger partial charge >= 0.3 is 0 Å². The zero-order valence-electron chi connectivity index (χ0n) is 12.0. The number of amides is 1. The summed E-state index contributed by atoms with van der Waals surface area (Å²) in [5, 5.41) is 2.98. The molecule has 6 heteroatoms. The van der Waals surface area contributed by atoms with Crippen molar-refractivity contribution in [3.05, 3.63) is 35.6 Å². The topological polar surface area (TPSA) is 61.8 Å². The van der Waals surface area contributed by atoms with Gasteiger partial charge in [-0.1, -0.05) is 12.1 Å². The Morgan fingerprint density at radius 2 is 2.10 bits per heavy atom. The van der Waals surface area contributed by atoms with Crippen molar-refractivity contribution < 1.29 is 14.0 Å². The van der Waals surface area contributed by atoms with Crippen LogP contribution in [0.1, 0.15) is 16.8 Å². The third kappa shape index (κ3) is 3.72. The van der Waals surface area contributed by atoms with Crippen molar-refractivity contribution in [2.24, 2.45) is 10.9 Å². The summed E-state index contributed by atoms with van der Waals surface area (Å²) in [6.07, 6.45) is 1.77. The maximum Gasteiger partial charge on any atom is 0.264 e. The summed E-state index contributed by atoms with van der Waals surface area (Å²) in [4.78, 5) is 29.6. The van der Waals surface area contributed by atoms with E-state index in [0.717, 1.165) is 0 Å². The highest BCUT2D eigenvalue weighted by Crippen LogP contribution is 2.21. The fourth-order valence-electron chi connectivity index (χ4n) is 2.27. The fraction of sp³-hybridized carbons (Fsp3) is 0.400. The summed E-state index contributed by atoms with van der Waals surface area (Å²) in [6, 6.07) is 5.42. The molecule has 0 bridgehead atoms. The van der Waals surface area contributed by atoms with Gasteiger partial charge in [-0.3, -0.25) is 9.59 Å². The lowest BCUT2D eigenvalue weighted by Crippen LogP contribution is -2.30. The van der Waals surface area contributed by atoms with E-state index in [1.807, 2.05) is 0 Å². The maximum absolute atomic E-state index is 13.6. The van der Waals surface area contributed by atoms with Gasteiger partial charge in [0.15, 0.2) is 5.78 Å². The van der Waals surface area contributed by atoms with Gasteiger partial charge in [0.05, 0.1) is 17.9 Å². The summed E-state index contributed by atoms with van der Waals surface area (Å²) in [7, 11) is 3.53. The first-order valence-electron chi connectivity index (χ1n) is 6.75. The molecule has 112 valence electrons. The van der Waals surface area contributed by atoms with Crippen LogP contribution in [0.25, 0.3) is 0 Å². The van der Waals surface area contributed by atoms with E-state index in [9.17, 15) is 14.0 Å². The van der Waals surface area contributed by atoms with Crippen molar-refractivity contribution in [3.8, 4) is 0 Å². The molecule has 0 saturated carbocycles. The van der Waals surface area contributed by atoms with E-state index in [1.54, 1.807) is 31.1 Å². The molecule has 0 aromatic heterocycles. The van der Waals surface area contributed by atoms with Gasteiger partial charge in [0, 0.05) is 26.6 Å². The molecule has 1 N–H and O–H groups in total. The first-order chi connectivity index (χ1) is 9.99. The quantitative estimate of drug-likeness (QED) is 0.513. The van der Waals surface area contributed by atoms with Crippen molar-refractivity contribution >= 4 is 18.0 Å². The molecule has 2 unspecified atom stereocenters. The lowest BCUT2D eigenvalue weighted by Gasteiger charge is -2.08. The Balaban J connectivity index is 2.01. The van der Waals surface area contributed by atoms with Crippen LogP contribution < -0.4 is 5.32 Å².